The summed E-state index contributed by atoms with van der Waals surface area (Å²) in [7, 11) is 1.87. The van der Waals surface area contributed by atoms with Crippen LogP contribution >= 0.6 is 0 Å². The van der Waals surface area contributed by atoms with Crippen LogP contribution in [0.1, 0.15) is 18.0 Å². The van der Waals surface area contributed by atoms with Gasteiger partial charge in [-0.25, -0.2) is 4.39 Å². The minimum atomic E-state index is -0.772. The lowest BCUT2D eigenvalue weighted by Gasteiger charge is -2.19. The number of benzene rings is 1. The normalized spacial score (nSPS) is 25.9. The topological polar surface area (TPSA) is 40.5 Å². The first-order chi connectivity index (χ1) is 7.58. The minimum Gasteiger partial charge on any atom is -0.481 e. The molecule has 0 radical (unpaired) electrons. The average Bonchev–Trinajstić information content (AvgIpc) is 2.60. The van der Waals surface area contributed by atoms with Gasteiger partial charge in [-0.05, 0) is 31.2 Å². The summed E-state index contributed by atoms with van der Waals surface area (Å²) in [4.78, 5) is 12.9. The molecular formula is C12H14FNO2. The van der Waals surface area contributed by atoms with Gasteiger partial charge in [-0.2, -0.15) is 0 Å². The number of aliphatic carboxylic acids is 1. The summed E-state index contributed by atoms with van der Waals surface area (Å²) >= 11 is 0. The van der Waals surface area contributed by atoms with Crippen molar-refractivity contribution in [1.82, 2.24) is 4.90 Å². The molecule has 16 heavy (non-hydrogen) atoms. The standard InChI is InChI=1S/C12H14FNO2/c1-14-7-9(12(15)16)6-11(14)8-3-2-4-10(13)5-8/h2-5,9,11H,6-7H2,1H3,(H,15,16). The molecule has 1 heterocycles. The molecule has 0 amide bonds. The predicted octanol–water partition coefficient (Wildman–Crippen LogP) is 1.90. The number of carboxylic acids is 1. The highest BCUT2D eigenvalue weighted by atomic mass is 19.1. The highest BCUT2D eigenvalue weighted by Crippen LogP contribution is 2.34. The van der Waals surface area contributed by atoms with Crippen LogP contribution in [0.5, 0.6) is 0 Å². The third-order valence-corrected chi connectivity index (χ3v) is 3.13. The van der Waals surface area contributed by atoms with Gasteiger partial charge in [0.15, 0.2) is 0 Å². The highest BCUT2D eigenvalue weighted by molar-refractivity contribution is 5.70. The summed E-state index contributed by atoms with van der Waals surface area (Å²) in [6.07, 6.45) is 0.551. The Morgan fingerprint density at radius 3 is 2.88 bits per heavy atom. The van der Waals surface area contributed by atoms with Gasteiger partial charge >= 0.3 is 5.97 Å². The number of likely N-dealkylation sites (tertiary alicyclic amines) is 1. The van der Waals surface area contributed by atoms with E-state index in [-0.39, 0.29) is 17.8 Å². The van der Waals surface area contributed by atoms with E-state index in [0.717, 1.165) is 5.56 Å². The van der Waals surface area contributed by atoms with Crippen molar-refractivity contribution in [3.05, 3.63) is 35.6 Å². The van der Waals surface area contributed by atoms with E-state index in [0.29, 0.717) is 13.0 Å². The molecule has 1 aliphatic heterocycles. The van der Waals surface area contributed by atoms with Crippen LogP contribution in [0.2, 0.25) is 0 Å². The lowest BCUT2D eigenvalue weighted by atomic mass is 10.00. The summed E-state index contributed by atoms with van der Waals surface area (Å²) in [6, 6.07) is 6.39. The van der Waals surface area contributed by atoms with Gasteiger partial charge in [0, 0.05) is 12.6 Å². The first-order valence-electron chi connectivity index (χ1n) is 5.26. The fourth-order valence-electron chi connectivity index (χ4n) is 2.28. The molecule has 1 aromatic rings. The van der Waals surface area contributed by atoms with E-state index in [2.05, 4.69) is 0 Å². The van der Waals surface area contributed by atoms with Crippen LogP contribution in [0.3, 0.4) is 0 Å². The van der Waals surface area contributed by atoms with E-state index in [9.17, 15) is 9.18 Å². The molecule has 1 saturated heterocycles. The van der Waals surface area contributed by atoms with Gasteiger partial charge in [-0.15, -0.1) is 0 Å². The second kappa shape index (κ2) is 4.22. The van der Waals surface area contributed by atoms with Crippen molar-refractivity contribution in [1.29, 1.82) is 0 Å². The van der Waals surface area contributed by atoms with Crippen molar-refractivity contribution in [3.8, 4) is 0 Å². The van der Waals surface area contributed by atoms with Gasteiger partial charge in [-0.3, -0.25) is 9.69 Å². The van der Waals surface area contributed by atoms with Crippen molar-refractivity contribution in [3.63, 3.8) is 0 Å². The molecule has 0 saturated carbocycles. The van der Waals surface area contributed by atoms with E-state index in [1.807, 2.05) is 18.0 Å². The molecule has 1 fully saturated rings. The molecule has 2 rings (SSSR count). The average molecular weight is 223 g/mol. The Balaban J connectivity index is 2.19. The predicted molar refractivity (Wildman–Crippen MR) is 57.5 cm³/mol. The van der Waals surface area contributed by atoms with Gasteiger partial charge in [-0.1, -0.05) is 12.1 Å². The van der Waals surface area contributed by atoms with Gasteiger partial charge in [0.2, 0.25) is 0 Å². The lowest BCUT2D eigenvalue weighted by Crippen LogP contribution is -2.20. The van der Waals surface area contributed by atoms with E-state index in [1.54, 1.807) is 6.07 Å². The Kier molecular flexibility index (Phi) is 2.92. The molecule has 1 N–H and O–H groups in total. The van der Waals surface area contributed by atoms with E-state index in [1.165, 1.54) is 12.1 Å². The molecular weight excluding hydrogens is 209 g/mol. The Morgan fingerprint density at radius 2 is 2.31 bits per heavy atom. The molecule has 3 nitrogen and oxygen atoms in total. The fourth-order valence-corrected chi connectivity index (χ4v) is 2.28. The van der Waals surface area contributed by atoms with Gasteiger partial charge in [0.05, 0.1) is 5.92 Å². The molecule has 86 valence electrons. The van der Waals surface area contributed by atoms with Crippen LogP contribution in [0.25, 0.3) is 0 Å². The SMILES string of the molecule is CN1CC(C(=O)O)CC1c1cccc(F)c1. The molecule has 2 unspecified atom stereocenters. The number of hydrogen-bond donors (Lipinski definition) is 1. The summed E-state index contributed by atoms with van der Waals surface area (Å²) in [5.41, 5.74) is 0.853. The second-order valence-corrected chi connectivity index (χ2v) is 4.28. The number of nitrogens with zero attached hydrogens (tertiary/aromatic N) is 1. The second-order valence-electron chi connectivity index (χ2n) is 4.28. The van der Waals surface area contributed by atoms with Crippen molar-refractivity contribution >= 4 is 5.97 Å². The zero-order valence-electron chi connectivity index (χ0n) is 9.06. The molecule has 2 atom stereocenters. The number of halogens is 1. The van der Waals surface area contributed by atoms with Crippen LogP contribution in [0, 0.1) is 11.7 Å². The van der Waals surface area contributed by atoms with E-state index in [4.69, 9.17) is 5.11 Å². The van der Waals surface area contributed by atoms with Crippen molar-refractivity contribution in [2.45, 2.75) is 12.5 Å². The van der Waals surface area contributed by atoms with E-state index >= 15 is 0 Å². The van der Waals surface area contributed by atoms with Crippen LogP contribution in [-0.4, -0.2) is 29.6 Å². The molecule has 0 aromatic heterocycles. The lowest BCUT2D eigenvalue weighted by molar-refractivity contribution is -0.141. The fraction of sp³-hybridized carbons (Fsp3) is 0.417. The zero-order chi connectivity index (χ0) is 11.7. The van der Waals surface area contributed by atoms with Crippen LogP contribution in [-0.2, 0) is 4.79 Å². The highest BCUT2D eigenvalue weighted by Gasteiger charge is 2.34. The Morgan fingerprint density at radius 1 is 1.56 bits per heavy atom. The number of rotatable bonds is 2. The van der Waals surface area contributed by atoms with Crippen LogP contribution in [0.4, 0.5) is 4.39 Å². The van der Waals surface area contributed by atoms with E-state index < -0.39 is 5.97 Å². The summed E-state index contributed by atoms with van der Waals surface area (Å²) < 4.78 is 13.1. The maximum Gasteiger partial charge on any atom is 0.307 e. The quantitative estimate of drug-likeness (QED) is 0.832. The van der Waals surface area contributed by atoms with Crippen molar-refractivity contribution in [2.75, 3.05) is 13.6 Å². The first-order valence-corrected chi connectivity index (χ1v) is 5.26. The largest absolute Gasteiger partial charge is 0.481 e. The summed E-state index contributed by atoms with van der Waals surface area (Å²) in [6.45, 7) is 0.524. The number of carbonyl (C=O) groups is 1. The number of hydrogen-bond acceptors (Lipinski definition) is 2. The zero-order valence-corrected chi connectivity index (χ0v) is 9.06. The summed E-state index contributed by atoms with van der Waals surface area (Å²) in [5.74, 6) is -1.39. The molecule has 1 aromatic carbocycles. The van der Waals surface area contributed by atoms with Crippen LogP contribution < -0.4 is 0 Å². The third kappa shape index (κ3) is 2.07. The first kappa shape index (κ1) is 11.1. The van der Waals surface area contributed by atoms with Crippen molar-refractivity contribution in [2.24, 2.45) is 5.92 Å². The Bertz CT molecular complexity index is 408. The Hall–Kier alpha value is -1.42. The van der Waals surface area contributed by atoms with Crippen molar-refractivity contribution < 1.29 is 14.3 Å². The third-order valence-electron chi connectivity index (χ3n) is 3.13. The maximum absolute atomic E-state index is 13.1. The summed E-state index contributed by atoms with van der Waals surface area (Å²) in [5, 5.41) is 8.95. The molecule has 1 aliphatic rings. The smallest absolute Gasteiger partial charge is 0.307 e. The number of carboxylic acid groups (broad SMARTS) is 1. The van der Waals surface area contributed by atoms with Gasteiger partial charge < -0.3 is 5.11 Å². The molecule has 0 spiro atoms. The van der Waals surface area contributed by atoms with Crippen LogP contribution in [0.15, 0.2) is 24.3 Å². The maximum atomic E-state index is 13.1. The Labute approximate surface area is 93.5 Å². The van der Waals surface area contributed by atoms with Gasteiger partial charge in [0.1, 0.15) is 5.82 Å². The molecule has 4 heteroatoms. The molecule has 0 bridgehead atoms. The minimum absolute atomic E-state index is 0.0109. The molecule has 0 aliphatic carbocycles. The monoisotopic (exact) mass is 223 g/mol. The van der Waals surface area contributed by atoms with Gasteiger partial charge in [0.25, 0.3) is 0 Å².